The summed E-state index contributed by atoms with van der Waals surface area (Å²) in [5.74, 6) is 0.151. The van der Waals surface area contributed by atoms with Gasteiger partial charge in [0.2, 0.25) is 0 Å². The van der Waals surface area contributed by atoms with E-state index in [4.69, 9.17) is 11.6 Å². The van der Waals surface area contributed by atoms with Gasteiger partial charge in [0.15, 0.2) is 0 Å². The monoisotopic (exact) mass is 401 g/mol. The second kappa shape index (κ2) is 7.38. The third kappa shape index (κ3) is 4.18. The molecule has 2 aromatic rings. The zero-order valence-corrected chi connectivity index (χ0v) is 15.6. The number of likely N-dealkylation sites (N-methyl/N-ethyl adjacent to an activating group) is 1. The SMILES string of the molecule is CN(C(=O)c1cnn(C)c1)C1CCCN(c2ncc(C(F)(F)F)cc2Cl)C1. The Hall–Kier alpha value is -2.29. The standard InChI is InChI=1S/C17H19ClF3N5O/c1-24-9-11(7-23-24)16(27)25(2)13-4-3-5-26(10-13)15-14(18)6-12(8-22-15)17(19,20)21/h6-9,13H,3-5,10H2,1-2H3. The molecule has 3 rings (SSSR count). The Balaban J connectivity index is 1.75. The minimum atomic E-state index is -4.49. The van der Waals surface area contributed by atoms with Crippen LogP contribution in [0.3, 0.4) is 0 Å². The van der Waals surface area contributed by atoms with Gasteiger partial charge < -0.3 is 9.80 Å². The Morgan fingerprint density at radius 3 is 2.70 bits per heavy atom. The maximum Gasteiger partial charge on any atom is 0.417 e. The van der Waals surface area contributed by atoms with Crippen LogP contribution in [0.5, 0.6) is 0 Å². The molecule has 1 saturated heterocycles. The molecule has 1 atom stereocenters. The number of amides is 1. The van der Waals surface area contributed by atoms with Crippen molar-refractivity contribution < 1.29 is 18.0 Å². The quantitative estimate of drug-likeness (QED) is 0.792. The fourth-order valence-electron chi connectivity index (χ4n) is 3.18. The number of aromatic nitrogens is 3. The van der Waals surface area contributed by atoms with Crippen LogP contribution in [0, 0.1) is 0 Å². The van der Waals surface area contributed by atoms with Crippen LogP contribution in [-0.4, -0.2) is 51.8 Å². The number of rotatable bonds is 3. The largest absolute Gasteiger partial charge is 0.417 e. The molecule has 0 bridgehead atoms. The van der Waals surface area contributed by atoms with E-state index in [0.717, 1.165) is 25.1 Å². The van der Waals surface area contributed by atoms with Crippen molar-refractivity contribution in [3.63, 3.8) is 0 Å². The highest BCUT2D eigenvalue weighted by molar-refractivity contribution is 6.33. The predicted molar refractivity (Wildman–Crippen MR) is 94.8 cm³/mol. The molecular formula is C17H19ClF3N5O. The van der Waals surface area contributed by atoms with Crippen molar-refractivity contribution in [2.75, 3.05) is 25.0 Å². The molecule has 0 N–H and O–H groups in total. The number of hydrogen-bond acceptors (Lipinski definition) is 4. The van der Waals surface area contributed by atoms with Gasteiger partial charge in [-0.1, -0.05) is 11.6 Å². The second-order valence-electron chi connectivity index (χ2n) is 6.59. The second-order valence-corrected chi connectivity index (χ2v) is 7.00. The Morgan fingerprint density at radius 2 is 2.11 bits per heavy atom. The summed E-state index contributed by atoms with van der Waals surface area (Å²) in [6.45, 7) is 1.06. The maximum absolute atomic E-state index is 12.8. The number of hydrogen-bond donors (Lipinski definition) is 0. The lowest BCUT2D eigenvalue weighted by Crippen LogP contribution is -2.49. The van der Waals surface area contributed by atoms with Crippen LogP contribution in [0.1, 0.15) is 28.8 Å². The molecule has 1 aliphatic heterocycles. The predicted octanol–water partition coefficient (Wildman–Crippen LogP) is 3.23. The van der Waals surface area contributed by atoms with Gasteiger partial charge in [0.05, 0.1) is 22.3 Å². The van der Waals surface area contributed by atoms with Crippen LogP contribution in [0.15, 0.2) is 24.7 Å². The van der Waals surface area contributed by atoms with E-state index in [9.17, 15) is 18.0 Å². The molecule has 3 heterocycles. The highest BCUT2D eigenvalue weighted by Gasteiger charge is 2.33. The van der Waals surface area contributed by atoms with E-state index in [0.29, 0.717) is 24.5 Å². The topological polar surface area (TPSA) is 54.3 Å². The molecule has 27 heavy (non-hydrogen) atoms. The van der Waals surface area contributed by atoms with E-state index in [2.05, 4.69) is 10.1 Å². The molecule has 0 spiro atoms. The fourth-order valence-corrected chi connectivity index (χ4v) is 3.47. The number of carbonyl (C=O) groups is 1. The summed E-state index contributed by atoms with van der Waals surface area (Å²) in [4.78, 5) is 20.0. The van der Waals surface area contributed by atoms with Crippen LogP contribution in [0.25, 0.3) is 0 Å². The lowest BCUT2D eigenvalue weighted by Gasteiger charge is -2.38. The van der Waals surface area contributed by atoms with Crippen molar-refractivity contribution in [1.82, 2.24) is 19.7 Å². The van der Waals surface area contributed by atoms with Gasteiger partial charge in [-0.05, 0) is 18.9 Å². The summed E-state index contributed by atoms with van der Waals surface area (Å²) in [6, 6.07) is 0.782. The molecule has 0 aromatic carbocycles. The zero-order chi connectivity index (χ0) is 19.8. The molecular weight excluding hydrogens is 383 g/mol. The number of anilines is 1. The van der Waals surface area contributed by atoms with E-state index in [1.807, 2.05) is 4.90 Å². The summed E-state index contributed by atoms with van der Waals surface area (Å²) in [5, 5.41) is 3.96. The van der Waals surface area contributed by atoms with Gasteiger partial charge in [-0.2, -0.15) is 18.3 Å². The van der Waals surface area contributed by atoms with Crippen LogP contribution < -0.4 is 4.90 Å². The molecule has 6 nitrogen and oxygen atoms in total. The third-order valence-corrected chi connectivity index (χ3v) is 4.94. The van der Waals surface area contributed by atoms with E-state index in [1.165, 1.54) is 6.20 Å². The minimum Gasteiger partial charge on any atom is -0.353 e. The Morgan fingerprint density at radius 1 is 1.37 bits per heavy atom. The number of alkyl halides is 3. The van der Waals surface area contributed by atoms with Crippen molar-refractivity contribution in [3.05, 3.63) is 40.8 Å². The lowest BCUT2D eigenvalue weighted by atomic mass is 10.0. The molecule has 1 fully saturated rings. The first-order chi connectivity index (χ1) is 12.7. The van der Waals surface area contributed by atoms with Crippen LogP contribution >= 0.6 is 11.6 Å². The third-order valence-electron chi connectivity index (χ3n) is 4.67. The number of aryl methyl sites for hydroxylation is 1. The molecule has 1 amide bonds. The van der Waals surface area contributed by atoms with Crippen molar-refractivity contribution in [1.29, 1.82) is 0 Å². The maximum atomic E-state index is 12.8. The van der Waals surface area contributed by atoms with Gasteiger partial charge in [0.1, 0.15) is 5.82 Å². The smallest absolute Gasteiger partial charge is 0.353 e. The van der Waals surface area contributed by atoms with Crippen molar-refractivity contribution in [2.24, 2.45) is 7.05 Å². The number of piperidine rings is 1. The molecule has 1 aliphatic rings. The van der Waals surface area contributed by atoms with E-state index >= 15 is 0 Å². The fraction of sp³-hybridized carbons (Fsp3) is 0.471. The first kappa shape index (κ1) is 19.5. The minimum absolute atomic E-state index is 0.0493. The van der Waals surface area contributed by atoms with Gasteiger partial charge in [0.25, 0.3) is 5.91 Å². The van der Waals surface area contributed by atoms with Gasteiger partial charge in [-0.15, -0.1) is 0 Å². The molecule has 146 valence electrons. The van der Waals surface area contributed by atoms with E-state index in [-0.39, 0.29) is 17.0 Å². The highest BCUT2D eigenvalue weighted by Crippen LogP contribution is 2.34. The van der Waals surface area contributed by atoms with Crippen LogP contribution in [0.2, 0.25) is 5.02 Å². The number of pyridine rings is 1. The zero-order valence-electron chi connectivity index (χ0n) is 14.9. The summed E-state index contributed by atoms with van der Waals surface area (Å²) >= 11 is 6.06. The van der Waals surface area contributed by atoms with E-state index in [1.54, 1.807) is 29.9 Å². The number of carbonyl (C=O) groups excluding carboxylic acids is 1. The van der Waals surface area contributed by atoms with Crippen LogP contribution in [0.4, 0.5) is 19.0 Å². The average Bonchev–Trinajstić information content (AvgIpc) is 3.06. The summed E-state index contributed by atoms with van der Waals surface area (Å²) < 4.78 is 40.0. The highest BCUT2D eigenvalue weighted by atomic mass is 35.5. The van der Waals surface area contributed by atoms with Gasteiger partial charge in [0, 0.05) is 45.6 Å². The number of nitrogens with zero attached hydrogens (tertiary/aromatic N) is 5. The van der Waals surface area contributed by atoms with Gasteiger partial charge in [-0.3, -0.25) is 9.48 Å². The number of halogens is 4. The first-order valence-corrected chi connectivity index (χ1v) is 8.78. The molecule has 2 aromatic heterocycles. The van der Waals surface area contributed by atoms with Gasteiger partial charge in [-0.25, -0.2) is 4.98 Å². The first-order valence-electron chi connectivity index (χ1n) is 8.40. The molecule has 10 heteroatoms. The van der Waals surface area contributed by atoms with Crippen molar-refractivity contribution >= 4 is 23.3 Å². The average molecular weight is 402 g/mol. The molecule has 0 aliphatic carbocycles. The van der Waals surface area contributed by atoms with Gasteiger partial charge >= 0.3 is 6.18 Å². The van der Waals surface area contributed by atoms with Crippen molar-refractivity contribution in [3.8, 4) is 0 Å². The Labute approximate surface area is 159 Å². The Kier molecular flexibility index (Phi) is 5.32. The Bertz CT molecular complexity index is 838. The summed E-state index contributed by atoms with van der Waals surface area (Å²) in [6.07, 6.45) is 1.01. The normalized spacial score (nSPS) is 17.9. The van der Waals surface area contributed by atoms with Crippen molar-refractivity contribution in [2.45, 2.75) is 25.1 Å². The lowest BCUT2D eigenvalue weighted by molar-refractivity contribution is -0.137. The molecule has 0 saturated carbocycles. The summed E-state index contributed by atoms with van der Waals surface area (Å²) in [5.41, 5.74) is -0.392. The van der Waals surface area contributed by atoms with E-state index < -0.39 is 11.7 Å². The van der Waals surface area contributed by atoms with Crippen LogP contribution in [-0.2, 0) is 13.2 Å². The molecule has 0 radical (unpaired) electrons. The summed E-state index contributed by atoms with van der Waals surface area (Å²) in [7, 11) is 3.45. The molecule has 1 unspecified atom stereocenters.